The first-order chi connectivity index (χ1) is 8.93. The fourth-order valence-electron chi connectivity index (χ4n) is 1.63. The van der Waals surface area contributed by atoms with Gasteiger partial charge in [0.25, 0.3) is 0 Å². The van der Waals surface area contributed by atoms with Gasteiger partial charge >= 0.3 is 5.97 Å². The first-order valence-electron chi connectivity index (χ1n) is 5.92. The summed E-state index contributed by atoms with van der Waals surface area (Å²) in [6.07, 6.45) is 0.0583. The number of hydrogen-bond donors (Lipinski definition) is 1. The SMILES string of the molecule is COC(=O)C[C@H](C)C(=O)c1ccc(NC(C)=O)cc1. The van der Waals surface area contributed by atoms with Crippen molar-refractivity contribution in [1.82, 2.24) is 0 Å². The molecule has 0 bridgehead atoms. The molecule has 0 heterocycles. The number of anilines is 1. The number of carbonyl (C=O) groups is 3. The van der Waals surface area contributed by atoms with Crippen LogP contribution in [0.15, 0.2) is 24.3 Å². The van der Waals surface area contributed by atoms with E-state index in [1.807, 2.05) is 0 Å². The third-order valence-corrected chi connectivity index (χ3v) is 2.64. The maximum Gasteiger partial charge on any atom is 0.306 e. The zero-order chi connectivity index (χ0) is 14.4. The molecule has 0 aliphatic heterocycles. The number of ketones is 1. The number of nitrogens with one attached hydrogen (secondary N) is 1. The number of carbonyl (C=O) groups excluding carboxylic acids is 3. The van der Waals surface area contributed by atoms with Gasteiger partial charge in [0.15, 0.2) is 5.78 Å². The number of esters is 1. The molecule has 0 radical (unpaired) electrons. The molecule has 1 aromatic rings. The molecular weight excluding hydrogens is 246 g/mol. The lowest BCUT2D eigenvalue weighted by atomic mass is 9.96. The fourth-order valence-corrected chi connectivity index (χ4v) is 1.63. The summed E-state index contributed by atoms with van der Waals surface area (Å²) in [5, 5.41) is 2.62. The monoisotopic (exact) mass is 263 g/mol. The van der Waals surface area contributed by atoms with Gasteiger partial charge in [-0.1, -0.05) is 6.92 Å². The van der Waals surface area contributed by atoms with Crippen molar-refractivity contribution in [3.05, 3.63) is 29.8 Å². The van der Waals surface area contributed by atoms with Crippen molar-refractivity contribution in [3.8, 4) is 0 Å². The Morgan fingerprint density at radius 1 is 1.21 bits per heavy atom. The summed E-state index contributed by atoms with van der Waals surface area (Å²) < 4.78 is 4.53. The molecule has 5 nitrogen and oxygen atoms in total. The first-order valence-corrected chi connectivity index (χ1v) is 5.92. The highest BCUT2D eigenvalue weighted by atomic mass is 16.5. The van der Waals surface area contributed by atoms with Gasteiger partial charge in [0.05, 0.1) is 13.5 Å². The highest BCUT2D eigenvalue weighted by Gasteiger charge is 2.18. The van der Waals surface area contributed by atoms with Gasteiger partial charge in [0, 0.05) is 24.1 Å². The van der Waals surface area contributed by atoms with E-state index in [0.29, 0.717) is 11.3 Å². The van der Waals surface area contributed by atoms with Crippen molar-refractivity contribution in [2.45, 2.75) is 20.3 Å². The lowest BCUT2D eigenvalue weighted by molar-refractivity contribution is -0.141. The second-order valence-corrected chi connectivity index (χ2v) is 4.30. The summed E-state index contributed by atoms with van der Waals surface area (Å²) in [4.78, 5) is 34.0. The quantitative estimate of drug-likeness (QED) is 0.651. The van der Waals surface area contributed by atoms with Crippen LogP contribution in [0, 0.1) is 5.92 Å². The van der Waals surface area contributed by atoms with Crippen LogP contribution < -0.4 is 5.32 Å². The molecule has 1 atom stereocenters. The highest BCUT2D eigenvalue weighted by Crippen LogP contribution is 2.15. The Kier molecular flexibility index (Phi) is 5.23. The number of rotatable bonds is 5. The minimum Gasteiger partial charge on any atom is -0.469 e. The predicted octanol–water partition coefficient (Wildman–Crippen LogP) is 2.03. The lowest BCUT2D eigenvalue weighted by Crippen LogP contribution is -2.16. The standard InChI is InChI=1S/C14H17NO4/c1-9(8-13(17)19-3)14(18)11-4-6-12(7-5-11)15-10(2)16/h4-7,9H,8H2,1-3H3,(H,15,16)/t9-/m0/s1. The van der Waals surface area contributed by atoms with Gasteiger partial charge in [0.2, 0.25) is 5.91 Å². The second-order valence-electron chi connectivity index (χ2n) is 4.30. The van der Waals surface area contributed by atoms with Gasteiger partial charge in [-0.2, -0.15) is 0 Å². The first kappa shape index (κ1) is 14.9. The third-order valence-electron chi connectivity index (χ3n) is 2.64. The van der Waals surface area contributed by atoms with Crippen molar-refractivity contribution in [1.29, 1.82) is 0 Å². The van der Waals surface area contributed by atoms with E-state index >= 15 is 0 Å². The summed E-state index contributed by atoms with van der Waals surface area (Å²) in [5.41, 5.74) is 1.13. The van der Waals surface area contributed by atoms with Crippen LogP contribution in [0.25, 0.3) is 0 Å². The molecule has 1 N–H and O–H groups in total. The molecule has 0 aliphatic rings. The van der Waals surface area contributed by atoms with E-state index in [4.69, 9.17) is 0 Å². The Morgan fingerprint density at radius 2 is 1.79 bits per heavy atom. The van der Waals surface area contributed by atoms with Crippen LogP contribution in [-0.4, -0.2) is 24.8 Å². The van der Waals surface area contributed by atoms with Gasteiger partial charge in [-0.3, -0.25) is 14.4 Å². The maximum atomic E-state index is 12.0. The second kappa shape index (κ2) is 6.68. The number of methoxy groups -OCH3 is 1. The molecule has 102 valence electrons. The molecule has 0 saturated carbocycles. The predicted molar refractivity (Wildman–Crippen MR) is 70.9 cm³/mol. The van der Waals surface area contributed by atoms with Crippen LogP contribution >= 0.6 is 0 Å². The Labute approximate surface area is 111 Å². The molecular formula is C14H17NO4. The van der Waals surface area contributed by atoms with Crippen LogP contribution in [0.3, 0.4) is 0 Å². The van der Waals surface area contributed by atoms with Gasteiger partial charge in [0.1, 0.15) is 0 Å². The van der Waals surface area contributed by atoms with Crippen molar-refractivity contribution in [2.75, 3.05) is 12.4 Å². The van der Waals surface area contributed by atoms with Crippen molar-refractivity contribution in [2.24, 2.45) is 5.92 Å². The van der Waals surface area contributed by atoms with Crippen molar-refractivity contribution in [3.63, 3.8) is 0 Å². The zero-order valence-corrected chi connectivity index (χ0v) is 11.2. The molecule has 0 aromatic heterocycles. The maximum absolute atomic E-state index is 12.0. The zero-order valence-electron chi connectivity index (χ0n) is 11.2. The molecule has 0 spiro atoms. The van der Waals surface area contributed by atoms with E-state index < -0.39 is 11.9 Å². The van der Waals surface area contributed by atoms with E-state index in [1.165, 1.54) is 14.0 Å². The molecule has 19 heavy (non-hydrogen) atoms. The van der Waals surface area contributed by atoms with Crippen LogP contribution in [-0.2, 0) is 14.3 Å². The van der Waals surface area contributed by atoms with E-state index in [0.717, 1.165) is 0 Å². The number of ether oxygens (including phenoxy) is 1. The van der Waals surface area contributed by atoms with E-state index in [2.05, 4.69) is 10.1 Å². The van der Waals surface area contributed by atoms with Crippen molar-refractivity contribution < 1.29 is 19.1 Å². The molecule has 1 amide bonds. The molecule has 1 rings (SSSR count). The minimum atomic E-state index is -0.431. The topological polar surface area (TPSA) is 72.5 Å². The largest absolute Gasteiger partial charge is 0.469 e. The summed E-state index contributed by atoms with van der Waals surface area (Å²) in [5.74, 6) is -1.13. The van der Waals surface area contributed by atoms with Crippen LogP contribution in [0.4, 0.5) is 5.69 Å². The Bertz CT molecular complexity index is 479. The number of hydrogen-bond acceptors (Lipinski definition) is 4. The molecule has 0 unspecified atom stereocenters. The smallest absolute Gasteiger partial charge is 0.306 e. The van der Waals surface area contributed by atoms with Crippen molar-refractivity contribution >= 4 is 23.3 Å². The lowest BCUT2D eigenvalue weighted by Gasteiger charge is -2.09. The van der Waals surface area contributed by atoms with Crippen LogP contribution in [0.1, 0.15) is 30.6 Å². The summed E-state index contributed by atoms with van der Waals surface area (Å²) >= 11 is 0. The molecule has 0 aliphatic carbocycles. The summed E-state index contributed by atoms with van der Waals surface area (Å²) in [6, 6.07) is 6.56. The number of amides is 1. The average Bonchev–Trinajstić information content (AvgIpc) is 2.37. The van der Waals surface area contributed by atoms with Gasteiger partial charge in [-0.25, -0.2) is 0 Å². The number of benzene rings is 1. The van der Waals surface area contributed by atoms with Crippen LogP contribution in [0.5, 0.6) is 0 Å². The summed E-state index contributed by atoms with van der Waals surface area (Å²) in [7, 11) is 1.29. The minimum absolute atomic E-state index is 0.0583. The van der Waals surface area contributed by atoms with Gasteiger partial charge < -0.3 is 10.1 Å². The van der Waals surface area contributed by atoms with Crippen LogP contribution in [0.2, 0.25) is 0 Å². The Hall–Kier alpha value is -2.17. The number of Topliss-reactive ketones (excluding diaryl/α,β-unsaturated/α-hetero) is 1. The van der Waals surface area contributed by atoms with Gasteiger partial charge in [-0.05, 0) is 24.3 Å². The fraction of sp³-hybridized carbons (Fsp3) is 0.357. The third kappa shape index (κ3) is 4.54. The Morgan fingerprint density at radius 3 is 2.26 bits per heavy atom. The summed E-state index contributed by atoms with van der Waals surface area (Å²) in [6.45, 7) is 3.10. The molecule has 1 aromatic carbocycles. The molecule has 5 heteroatoms. The van der Waals surface area contributed by atoms with E-state index in [-0.39, 0.29) is 18.1 Å². The Balaban J connectivity index is 2.72. The average molecular weight is 263 g/mol. The van der Waals surface area contributed by atoms with E-state index in [9.17, 15) is 14.4 Å². The normalized spacial score (nSPS) is 11.5. The van der Waals surface area contributed by atoms with E-state index in [1.54, 1.807) is 31.2 Å². The molecule has 0 fully saturated rings. The highest BCUT2D eigenvalue weighted by molar-refractivity contribution is 5.99. The van der Waals surface area contributed by atoms with Gasteiger partial charge in [-0.15, -0.1) is 0 Å². The molecule has 0 saturated heterocycles.